The zero-order valence-electron chi connectivity index (χ0n) is 13.1. The van der Waals surface area contributed by atoms with Gasteiger partial charge in [0.1, 0.15) is 11.6 Å². The topological polar surface area (TPSA) is 36.4 Å². The fourth-order valence-corrected chi connectivity index (χ4v) is 3.53. The first-order valence-electron chi connectivity index (χ1n) is 7.99. The summed E-state index contributed by atoms with van der Waals surface area (Å²) in [6, 6.07) is 6.06. The second-order valence-electron chi connectivity index (χ2n) is 6.96. The van der Waals surface area contributed by atoms with Gasteiger partial charge in [0.25, 0.3) is 0 Å². The van der Waals surface area contributed by atoms with Crippen molar-refractivity contribution in [3.8, 4) is 0 Å². The summed E-state index contributed by atoms with van der Waals surface area (Å²) in [5.74, 6) is 1.78. The molecule has 0 spiro atoms. The van der Waals surface area contributed by atoms with E-state index >= 15 is 0 Å². The number of carbonyl (C=O) groups is 1. The zero-order chi connectivity index (χ0) is 14.9. The highest BCUT2D eigenvalue weighted by Crippen LogP contribution is 2.37. The van der Waals surface area contributed by atoms with Gasteiger partial charge in [0.05, 0.1) is 0 Å². The number of piperazine rings is 1. The minimum absolute atomic E-state index is 0.0968. The highest BCUT2D eigenvalue weighted by Gasteiger charge is 2.40. The number of nitrogens with zero attached hydrogens (tertiary/aromatic N) is 3. The third-order valence-corrected chi connectivity index (χ3v) is 4.98. The molecule has 114 valence electrons. The van der Waals surface area contributed by atoms with Gasteiger partial charge >= 0.3 is 0 Å². The lowest BCUT2D eigenvalue weighted by molar-refractivity contribution is -0.128. The van der Waals surface area contributed by atoms with Gasteiger partial charge in [-0.25, -0.2) is 4.98 Å². The van der Waals surface area contributed by atoms with Crippen LogP contribution in [0, 0.1) is 11.3 Å². The Morgan fingerprint density at radius 2 is 2.00 bits per heavy atom. The second-order valence-corrected chi connectivity index (χ2v) is 6.96. The van der Waals surface area contributed by atoms with E-state index in [1.54, 1.807) is 0 Å². The molecule has 2 heterocycles. The second kappa shape index (κ2) is 5.76. The Morgan fingerprint density at radius 1 is 1.24 bits per heavy atom. The summed E-state index contributed by atoms with van der Waals surface area (Å²) in [5, 5.41) is 0. The molecular formula is C17H25N3O. The molecule has 21 heavy (non-hydrogen) atoms. The highest BCUT2D eigenvalue weighted by molar-refractivity contribution is 5.88. The van der Waals surface area contributed by atoms with Gasteiger partial charge < -0.3 is 4.90 Å². The van der Waals surface area contributed by atoms with Crippen LogP contribution < -0.4 is 4.90 Å². The summed E-state index contributed by atoms with van der Waals surface area (Å²) in [7, 11) is 0. The fraction of sp³-hybridized carbons (Fsp3) is 0.647. The first-order chi connectivity index (χ1) is 10.1. The first-order valence-corrected chi connectivity index (χ1v) is 7.99. The molecule has 3 rings (SSSR count). The van der Waals surface area contributed by atoms with Crippen LogP contribution in [0.25, 0.3) is 0 Å². The molecule has 4 nitrogen and oxygen atoms in total. The van der Waals surface area contributed by atoms with E-state index < -0.39 is 0 Å². The molecule has 1 aromatic rings. The summed E-state index contributed by atoms with van der Waals surface area (Å²) in [6.45, 7) is 9.19. The number of aromatic nitrogens is 1. The van der Waals surface area contributed by atoms with Crippen molar-refractivity contribution in [2.45, 2.75) is 26.7 Å². The van der Waals surface area contributed by atoms with Crippen LogP contribution in [0.5, 0.6) is 0 Å². The molecule has 0 amide bonds. The fourth-order valence-electron chi connectivity index (χ4n) is 3.53. The summed E-state index contributed by atoms with van der Waals surface area (Å²) in [6.07, 6.45) is 3.96. The van der Waals surface area contributed by atoms with Crippen LogP contribution in [-0.2, 0) is 4.79 Å². The summed E-state index contributed by atoms with van der Waals surface area (Å²) >= 11 is 0. The number of hydrogen-bond donors (Lipinski definition) is 0. The van der Waals surface area contributed by atoms with E-state index in [-0.39, 0.29) is 11.3 Å². The predicted molar refractivity (Wildman–Crippen MR) is 84.4 cm³/mol. The van der Waals surface area contributed by atoms with Crippen molar-refractivity contribution in [2.24, 2.45) is 11.3 Å². The third kappa shape index (κ3) is 3.10. The van der Waals surface area contributed by atoms with E-state index in [0.29, 0.717) is 5.78 Å². The molecular weight excluding hydrogens is 262 g/mol. The van der Waals surface area contributed by atoms with Crippen molar-refractivity contribution >= 4 is 11.6 Å². The van der Waals surface area contributed by atoms with E-state index in [2.05, 4.69) is 34.7 Å². The Kier molecular flexibility index (Phi) is 3.98. The van der Waals surface area contributed by atoms with Crippen LogP contribution in [0.15, 0.2) is 24.4 Å². The smallest absolute Gasteiger partial charge is 0.142 e. The quantitative estimate of drug-likeness (QED) is 0.854. The molecule has 2 fully saturated rings. The standard InChI is InChI=1S/C17H25N3O/c1-17(2)7-6-14(16(17)21)13-19-9-11-20(12-10-19)15-5-3-4-8-18-15/h3-5,8,14H,6-7,9-13H2,1-2H3. The molecule has 1 aliphatic heterocycles. The maximum absolute atomic E-state index is 12.3. The zero-order valence-corrected chi connectivity index (χ0v) is 13.1. The number of carbonyl (C=O) groups excluding carboxylic acids is 1. The average molecular weight is 287 g/mol. The number of rotatable bonds is 3. The van der Waals surface area contributed by atoms with Crippen LogP contribution in [0.2, 0.25) is 0 Å². The summed E-state index contributed by atoms with van der Waals surface area (Å²) in [4.78, 5) is 21.5. The maximum atomic E-state index is 12.3. The van der Waals surface area contributed by atoms with Gasteiger partial charge in [0.15, 0.2) is 0 Å². The normalized spacial score (nSPS) is 26.3. The molecule has 1 aliphatic carbocycles. The van der Waals surface area contributed by atoms with E-state index in [1.165, 1.54) is 0 Å². The molecule has 1 unspecified atom stereocenters. The van der Waals surface area contributed by atoms with Gasteiger partial charge in [-0.2, -0.15) is 0 Å². The minimum atomic E-state index is -0.0968. The van der Waals surface area contributed by atoms with Crippen molar-refractivity contribution in [2.75, 3.05) is 37.6 Å². The molecule has 0 aromatic carbocycles. The number of Topliss-reactive ketones (excluding diaryl/α,β-unsaturated/α-hetero) is 1. The lowest BCUT2D eigenvalue weighted by Gasteiger charge is -2.36. The molecule has 0 radical (unpaired) electrons. The van der Waals surface area contributed by atoms with Crippen LogP contribution in [-0.4, -0.2) is 48.4 Å². The Hall–Kier alpha value is -1.42. The van der Waals surface area contributed by atoms with Gasteiger partial charge in [-0.15, -0.1) is 0 Å². The van der Waals surface area contributed by atoms with Crippen molar-refractivity contribution < 1.29 is 4.79 Å². The monoisotopic (exact) mass is 287 g/mol. The molecule has 0 bridgehead atoms. The van der Waals surface area contributed by atoms with Gasteiger partial charge in [-0.3, -0.25) is 9.69 Å². The van der Waals surface area contributed by atoms with Crippen molar-refractivity contribution in [1.29, 1.82) is 0 Å². The molecule has 4 heteroatoms. The Balaban J connectivity index is 1.52. The van der Waals surface area contributed by atoms with Gasteiger partial charge in [0.2, 0.25) is 0 Å². The largest absolute Gasteiger partial charge is 0.354 e. The average Bonchev–Trinajstić information content (AvgIpc) is 2.76. The Labute approximate surface area is 127 Å². The van der Waals surface area contributed by atoms with Gasteiger partial charge in [-0.05, 0) is 25.0 Å². The van der Waals surface area contributed by atoms with Crippen LogP contribution in [0.3, 0.4) is 0 Å². The van der Waals surface area contributed by atoms with E-state index in [1.807, 2.05) is 18.3 Å². The number of ketones is 1. The van der Waals surface area contributed by atoms with Crippen LogP contribution in [0.4, 0.5) is 5.82 Å². The molecule has 1 aromatic heterocycles. The van der Waals surface area contributed by atoms with E-state index in [0.717, 1.165) is 51.4 Å². The number of anilines is 1. The summed E-state index contributed by atoms with van der Waals surface area (Å²) < 4.78 is 0. The lowest BCUT2D eigenvalue weighted by atomic mass is 9.89. The third-order valence-electron chi connectivity index (χ3n) is 4.98. The van der Waals surface area contributed by atoms with Crippen molar-refractivity contribution in [3.05, 3.63) is 24.4 Å². The number of pyridine rings is 1. The Bertz CT molecular complexity index is 492. The molecule has 1 atom stereocenters. The molecule has 1 saturated heterocycles. The van der Waals surface area contributed by atoms with Gasteiger partial charge in [-0.1, -0.05) is 19.9 Å². The molecule has 0 N–H and O–H groups in total. The molecule has 1 saturated carbocycles. The lowest BCUT2D eigenvalue weighted by Crippen LogP contribution is -2.48. The number of hydrogen-bond acceptors (Lipinski definition) is 4. The van der Waals surface area contributed by atoms with Crippen LogP contribution in [0.1, 0.15) is 26.7 Å². The highest BCUT2D eigenvalue weighted by atomic mass is 16.1. The molecule has 2 aliphatic rings. The van der Waals surface area contributed by atoms with Crippen molar-refractivity contribution in [3.63, 3.8) is 0 Å². The SMILES string of the molecule is CC1(C)CCC(CN2CCN(c3ccccn3)CC2)C1=O. The van der Waals surface area contributed by atoms with E-state index in [4.69, 9.17) is 0 Å². The maximum Gasteiger partial charge on any atom is 0.142 e. The van der Waals surface area contributed by atoms with Crippen molar-refractivity contribution in [1.82, 2.24) is 9.88 Å². The van der Waals surface area contributed by atoms with Gasteiger partial charge in [0, 0.05) is 50.3 Å². The summed E-state index contributed by atoms with van der Waals surface area (Å²) in [5.41, 5.74) is -0.0968. The predicted octanol–water partition coefficient (Wildman–Crippen LogP) is 2.21. The van der Waals surface area contributed by atoms with Crippen LogP contribution >= 0.6 is 0 Å². The van der Waals surface area contributed by atoms with E-state index in [9.17, 15) is 4.79 Å². The Morgan fingerprint density at radius 3 is 2.57 bits per heavy atom. The first kappa shape index (κ1) is 14.5. The minimum Gasteiger partial charge on any atom is -0.354 e.